The van der Waals surface area contributed by atoms with Crippen LogP contribution >= 0.6 is 23.2 Å². The molecular weight excluding hydrogens is 919 g/mol. The number of carbonyl (C=O) groups excluding carboxylic acids is 2. The van der Waals surface area contributed by atoms with Crippen molar-refractivity contribution in [1.29, 1.82) is 5.26 Å². The molecule has 17 heteroatoms. The Labute approximate surface area is 408 Å². The summed E-state index contributed by atoms with van der Waals surface area (Å²) in [4.78, 5) is 45.5. The molecule has 4 aromatic carbocycles. The summed E-state index contributed by atoms with van der Waals surface area (Å²) in [6, 6.07) is 25.9. The third kappa shape index (κ3) is 8.88. The van der Waals surface area contributed by atoms with Gasteiger partial charge in [-0.1, -0.05) is 59.6 Å². The van der Waals surface area contributed by atoms with Crippen LogP contribution in [0.2, 0.25) is 10.0 Å². The van der Waals surface area contributed by atoms with Crippen LogP contribution < -0.4 is 30.2 Å². The molecule has 4 aliphatic heterocycles. The van der Waals surface area contributed by atoms with Crippen LogP contribution in [-0.4, -0.2) is 109 Å². The number of phenolic OH excluding ortho intramolecular Hbond substituents is 2. The summed E-state index contributed by atoms with van der Waals surface area (Å²) >= 11 is 13.7. The van der Waals surface area contributed by atoms with Crippen LogP contribution in [0, 0.1) is 17.1 Å². The van der Waals surface area contributed by atoms with Crippen LogP contribution in [0.25, 0.3) is 44.5 Å². The van der Waals surface area contributed by atoms with Crippen LogP contribution in [0.5, 0.6) is 11.5 Å². The Balaban J connectivity index is 0.906. The van der Waals surface area contributed by atoms with Crippen LogP contribution in [-0.2, 0) is 11.3 Å². The molecule has 2 aromatic heterocycles. The van der Waals surface area contributed by atoms with Crippen molar-refractivity contribution in [3.63, 3.8) is 0 Å². The number of benzene rings is 4. The highest BCUT2D eigenvalue weighted by Gasteiger charge is 2.32. The SMILES string of the molecule is CC1=CCN(c2ccc(-c3cccc(-c4cc(CN5CCN(c6ccc(-c7cc(F)cc(-c8cnc(C#N)c(N9CCNCC9)c8)c7O)cc6Cl)C5=O)nc(N5CCNCC5)c4)c3O)cc2Cl)C1=O. The number of nitrogens with one attached hydrogen (secondary N) is 2. The maximum atomic E-state index is 15.4. The van der Waals surface area contributed by atoms with Crippen LogP contribution in [0.1, 0.15) is 18.3 Å². The van der Waals surface area contributed by atoms with Gasteiger partial charge in [0.2, 0.25) is 0 Å². The number of urea groups is 1. The summed E-state index contributed by atoms with van der Waals surface area (Å²) in [6.07, 6.45) is 3.32. The molecule has 3 fully saturated rings. The predicted molar refractivity (Wildman–Crippen MR) is 268 cm³/mol. The number of rotatable bonds is 10. The fraction of sp³-hybridized carbons (Fsp3) is 0.250. The van der Waals surface area contributed by atoms with Crippen LogP contribution in [0.15, 0.2) is 103 Å². The minimum atomic E-state index is -0.586. The molecule has 0 unspecified atom stereocenters. The number of aromatic hydroxyl groups is 2. The van der Waals surface area contributed by atoms with E-state index in [2.05, 4.69) is 26.6 Å². The first-order valence-corrected chi connectivity index (χ1v) is 23.5. The number of amides is 3. The smallest absolute Gasteiger partial charge is 0.325 e. The maximum absolute atomic E-state index is 15.4. The van der Waals surface area contributed by atoms with E-state index >= 15 is 4.39 Å². The summed E-state index contributed by atoms with van der Waals surface area (Å²) in [5, 5.41) is 40.7. The number of aromatic nitrogens is 2. The minimum Gasteiger partial charge on any atom is -0.507 e. The molecule has 4 aliphatic rings. The van der Waals surface area contributed by atoms with Gasteiger partial charge >= 0.3 is 6.03 Å². The molecule has 6 heterocycles. The zero-order valence-corrected chi connectivity index (χ0v) is 39.2. The third-order valence-corrected chi connectivity index (χ3v) is 13.8. The molecule has 6 aromatic rings. The van der Waals surface area contributed by atoms with Gasteiger partial charge in [0.05, 0.1) is 39.3 Å². The number of hydrogen-bond acceptors (Lipinski definition) is 11. The number of piperazine rings is 2. The summed E-state index contributed by atoms with van der Waals surface area (Å²) in [5.41, 5.74) is 7.07. The molecule has 14 nitrogen and oxygen atoms in total. The lowest BCUT2D eigenvalue weighted by molar-refractivity contribution is -0.114. The molecule has 4 N–H and O–H groups in total. The first kappa shape index (κ1) is 45.6. The molecule has 0 atom stereocenters. The van der Waals surface area contributed by atoms with E-state index in [-0.39, 0.29) is 51.8 Å². The minimum absolute atomic E-state index is 0.0509. The van der Waals surface area contributed by atoms with Gasteiger partial charge in [0.15, 0.2) is 5.69 Å². The van der Waals surface area contributed by atoms with E-state index < -0.39 is 5.82 Å². The van der Waals surface area contributed by atoms with Crippen molar-refractivity contribution >= 4 is 58.0 Å². The van der Waals surface area contributed by atoms with Crippen molar-refractivity contribution in [2.24, 2.45) is 0 Å². The Bertz CT molecular complexity index is 3110. The van der Waals surface area contributed by atoms with Gasteiger partial charge in [0.1, 0.15) is 29.2 Å². The Morgan fingerprint density at radius 2 is 1.30 bits per heavy atom. The third-order valence-electron chi connectivity index (χ3n) is 13.2. The zero-order valence-electron chi connectivity index (χ0n) is 37.6. The number of carbonyl (C=O) groups is 2. The van der Waals surface area contributed by atoms with Gasteiger partial charge in [-0.2, -0.15) is 5.26 Å². The molecule has 69 heavy (non-hydrogen) atoms. The highest BCUT2D eigenvalue weighted by molar-refractivity contribution is 6.35. The van der Waals surface area contributed by atoms with Crippen molar-refractivity contribution in [2.45, 2.75) is 13.5 Å². The molecule has 0 saturated carbocycles. The highest BCUT2D eigenvalue weighted by atomic mass is 35.5. The average Bonchev–Trinajstić information content (AvgIpc) is 3.90. The predicted octanol–water partition coefficient (Wildman–Crippen LogP) is 8.43. The van der Waals surface area contributed by atoms with E-state index in [0.29, 0.717) is 93.9 Å². The Hall–Kier alpha value is -7.22. The molecule has 0 bridgehead atoms. The van der Waals surface area contributed by atoms with Crippen molar-refractivity contribution in [3.8, 4) is 62.1 Å². The monoisotopic (exact) mass is 964 g/mol. The fourth-order valence-corrected chi connectivity index (χ4v) is 10.1. The number of halogens is 3. The number of phenols is 2. The summed E-state index contributed by atoms with van der Waals surface area (Å²) in [7, 11) is 0. The number of para-hydroxylation sites is 1. The second kappa shape index (κ2) is 19.0. The normalized spacial score (nSPS) is 16.4. The second-order valence-corrected chi connectivity index (χ2v) is 18.2. The number of anilines is 4. The number of nitrogens with zero attached hydrogens (tertiary/aromatic N) is 8. The Kier molecular flexibility index (Phi) is 12.6. The largest absolute Gasteiger partial charge is 0.507 e. The molecule has 0 aliphatic carbocycles. The summed E-state index contributed by atoms with van der Waals surface area (Å²) in [5.74, 6) is -0.0861. The van der Waals surface area contributed by atoms with Gasteiger partial charge in [-0.25, -0.2) is 19.2 Å². The number of hydrogen-bond donors (Lipinski definition) is 4. The standard InChI is InChI=1S/C52H47Cl2FN10O4/c1-31-9-14-64(51(31)68)45-7-5-32(22-42(45)53)38-3-2-4-39(49(38)66)34-21-37(60-48(25-34)62-17-12-58-13-18-62)30-63-19-20-65(52(63)69)46-8-6-33(23-43(46)54)40-26-36(55)27-41(50(40)67)35-24-47(44(28-56)59-29-35)61-15-10-57-11-16-61/h2-9,21-27,29,57-58,66-67H,10-20,30H2,1H3. The van der Waals surface area contributed by atoms with E-state index in [0.717, 1.165) is 50.6 Å². The number of nitriles is 1. The first-order valence-electron chi connectivity index (χ1n) is 22.8. The van der Waals surface area contributed by atoms with E-state index in [1.54, 1.807) is 58.0 Å². The van der Waals surface area contributed by atoms with Crippen molar-refractivity contribution in [2.75, 3.05) is 91.6 Å². The lowest BCUT2D eigenvalue weighted by atomic mass is 9.97. The van der Waals surface area contributed by atoms with Gasteiger partial charge in [-0.3, -0.25) is 9.69 Å². The zero-order chi connectivity index (χ0) is 47.9. The lowest BCUT2D eigenvalue weighted by Crippen LogP contribution is -2.44. The summed E-state index contributed by atoms with van der Waals surface area (Å²) in [6.45, 7) is 8.96. The van der Waals surface area contributed by atoms with E-state index in [4.69, 9.17) is 28.2 Å². The highest BCUT2D eigenvalue weighted by Crippen LogP contribution is 2.44. The molecule has 0 radical (unpaired) electrons. The molecule has 3 saturated heterocycles. The first-order chi connectivity index (χ1) is 33.4. The Morgan fingerprint density at radius 3 is 1.94 bits per heavy atom. The molecule has 10 rings (SSSR count). The Morgan fingerprint density at radius 1 is 0.696 bits per heavy atom. The maximum Gasteiger partial charge on any atom is 0.325 e. The fourth-order valence-electron chi connectivity index (χ4n) is 9.50. The van der Waals surface area contributed by atoms with Gasteiger partial charge in [0.25, 0.3) is 5.91 Å². The lowest BCUT2D eigenvalue weighted by Gasteiger charge is -2.30. The van der Waals surface area contributed by atoms with E-state index in [1.165, 1.54) is 18.3 Å². The van der Waals surface area contributed by atoms with Gasteiger partial charge in [-0.15, -0.1) is 0 Å². The quantitative estimate of drug-likeness (QED) is 0.104. The van der Waals surface area contributed by atoms with Crippen molar-refractivity contribution in [1.82, 2.24) is 25.5 Å². The molecule has 350 valence electrons. The summed E-state index contributed by atoms with van der Waals surface area (Å²) < 4.78 is 15.4. The van der Waals surface area contributed by atoms with Crippen molar-refractivity contribution < 1.29 is 24.2 Å². The molecule has 3 amide bonds. The second-order valence-electron chi connectivity index (χ2n) is 17.4. The van der Waals surface area contributed by atoms with E-state index in [1.807, 2.05) is 47.4 Å². The van der Waals surface area contributed by atoms with Gasteiger partial charge in [0, 0.05) is 112 Å². The topological polar surface area (TPSA) is 164 Å². The molecular formula is C52H47Cl2FN10O4. The average molecular weight is 966 g/mol. The van der Waals surface area contributed by atoms with Crippen molar-refractivity contribution in [3.05, 3.63) is 130 Å². The van der Waals surface area contributed by atoms with E-state index in [9.17, 15) is 25.1 Å². The molecule has 0 spiro atoms. The van der Waals surface area contributed by atoms with Gasteiger partial charge < -0.3 is 40.4 Å². The van der Waals surface area contributed by atoms with Crippen LogP contribution in [0.3, 0.4) is 0 Å². The van der Waals surface area contributed by atoms with Crippen LogP contribution in [0.4, 0.5) is 32.1 Å². The number of pyridine rings is 2. The van der Waals surface area contributed by atoms with Gasteiger partial charge in [-0.05, 0) is 78.2 Å².